The van der Waals surface area contributed by atoms with E-state index in [4.69, 9.17) is 4.74 Å². The minimum atomic E-state index is -0.416. The van der Waals surface area contributed by atoms with Gasteiger partial charge in [0.1, 0.15) is 17.3 Å². The number of nitrogens with one attached hydrogen (secondary N) is 1. The summed E-state index contributed by atoms with van der Waals surface area (Å²) in [7, 11) is 0. The molecule has 0 aliphatic heterocycles. The van der Waals surface area contributed by atoms with Crippen molar-refractivity contribution in [3.8, 4) is 11.5 Å². The highest BCUT2D eigenvalue weighted by Crippen LogP contribution is 2.28. The van der Waals surface area contributed by atoms with Crippen molar-refractivity contribution >= 4 is 23.4 Å². The molecule has 1 amide bonds. The highest BCUT2D eigenvalue weighted by molar-refractivity contribution is 7.99. The first-order chi connectivity index (χ1) is 14.3. The van der Waals surface area contributed by atoms with Crippen LogP contribution in [-0.2, 0) is 4.79 Å². The van der Waals surface area contributed by atoms with Crippen molar-refractivity contribution in [2.45, 2.75) is 38.1 Å². The van der Waals surface area contributed by atoms with Gasteiger partial charge in [0, 0.05) is 17.8 Å². The minimum absolute atomic E-state index is 0.0471. The third-order valence-electron chi connectivity index (χ3n) is 4.16. The third-order valence-corrected chi connectivity index (χ3v) is 5.10. The molecule has 0 saturated heterocycles. The number of amides is 1. The number of benzene rings is 2. The zero-order valence-corrected chi connectivity index (χ0v) is 17.7. The first-order valence-corrected chi connectivity index (χ1v) is 10.4. The molecule has 3 rings (SSSR count). The lowest BCUT2D eigenvalue weighted by Crippen LogP contribution is -2.16. The topological polar surface area (TPSA) is 89.3 Å². The molecular weight excluding hydrogens is 407 g/mol. The van der Waals surface area contributed by atoms with Gasteiger partial charge in [-0.05, 0) is 57.2 Å². The molecule has 2 aromatic carbocycles. The molecule has 30 heavy (non-hydrogen) atoms. The summed E-state index contributed by atoms with van der Waals surface area (Å²) in [5.74, 6) is 0.809. The third kappa shape index (κ3) is 5.50. The van der Waals surface area contributed by atoms with Crippen molar-refractivity contribution in [3.05, 3.63) is 60.2 Å². The van der Waals surface area contributed by atoms with Crippen molar-refractivity contribution in [1.82, 2.24) is 14.8 Å². The average Bonchev–Trinajstić information content (AvgIpc) is 3.13. The first-order valence-electron chi connectivity index (χ1n) is 9.42. The van der Waals surface area contributed by atoms with Gasteiger partial charge < -0.3 is 19.7 Å². The van der Waals surface area contributed by atoms with Crippen LogP contribution in [0.4, 0.5) is 10.1 Å². The maximum Gasteiger partial charge on any atom is 0.234 e. The SMILES string of the molecule is CC(Oc1ccc(F)cc1)c1nnc(SCC(=O)Nc2cccc(O)c2)n1C(C)C. The van der Waals surface area contributed by atoms with E-state index in [1.165, 1.54) is 36.0 Å². The van der Waals surface area contributed by atoms with E-state index in [2.05, 4.69) is 15.5 Å². The summed E-state index contributed by atoms with van der Waals surface area (Å²) in [6, 6.07) is 12.2. The average molecular weight is 431 g/mol. The predicted molar refractivity (Wildman–Crippen MR) is 113 cm³/mol. The van der Waals surface area contributed by atoms with Gasteiger partial charge in [0.05, 0.1) is 5.75 Å². The van der Waals surface area contributed by atoms with Crippen LogP contribution < -0.4 is 10.1 Å². The largest absolute Gasteiger partial charge is 0.508 e. The smallest absolute Gasteiger partial charge is 0.234 e. The van der Waals surface area contributed by atoms with Crippen LogP contribution in [0.2, 0.25) is 0 Å². The Morgan fingerprint density at radius 2 is 1.93 bits per heavy atom. The maximum absolute atomic E-state index is 13.1. The van der Waals surface area contributed by atoms with Gasteiger partial charge in [0.15, 0.2) is 17.1 Å². The fraction of sp³-hybridized carbons (Fsp3) is 0.286. The Bertz CT molecular complexity index is 1010. The Labute approximate surface area is 178 Å². The number of ether oxygens (including phenoxy) is 1. The Balaban J connectivity index is 1.67. The second-order valence-corrected chi connectivity index (χ2v) is 7.85. The van der Waals surface area contributed by atoms with E-state index < -0.39 is 6.10 Å². The summed E-state index contributed by atoms with van der Waals surface area (Å²) in [6.07, 6.45) is -0.416. The number of phenolic OH excluding ortho intramolecular Hbond substituents is 1. The molecule has 9 heteroatoms. The second-order valence-electron chi connectivity index (χ2n) is 6.91. The highest BCUT2D eigenvalue weighted by atomic mass is 32.2. The van der Waals surface area contributed by atoms with Gasteiger partial charge >= 0.3 is 0 Å². The van der Waals surface area contributed by atoms with E-state index >= 15 is 0 Å². The molecule has 0 spiro atoms. The summed E-state index contributed by atoms with van der Waals surface area (Å²) >= 11 is 1.26. The molecule has 2 N–H and O–H groups in total. The number of halogens is 1. The van der Waals surface area contributed by atoms with Gasteiger partial charge in [0.25, 0.3) is 0 Å². The van der Waals surface area contributed by atoms with Crippen LogP contribution >= 0.6 is 11.8 Å². The summed E-state index contributed by atoms with van der Waals surface area (Å²) < 4.78 is 20.9. The molecule has 0 fully saturated rings. The van der Waals surface area contributed by atoms with Crippen LogP contribution in [0.1, 0.15) is 38.7 Å². The van der Waals surface area contributed by atoms with E-state index in [9.17, 15) is 14.3 Å². The molecule has 0 radical (unpaired) electrons. The molecule has 158 valence electrons. The van der Waals surface area contributed by atoms with Crippen LogP contribution in [0.5, 0.6) is 11.5 Å². The van der Waals surface area contributed by atoms with E-state index in [1.807, 2.05) is 25.3 Å². The van der Waals surface area contributed by atoms with Gasteiger partial charge in [-0.3, -0.25) is 4.79 Å². The summed E-state index contributed by atoms with van der Waals surface area (Å²) in [5, 5.41) is 21.3. The van der Waals surface area contributed by atoms with Crippen molar-refractivity contribution in [2.24, 2.45) is 0 Å². The molecule has 0 aliphatic carbocycles. The van der Waals surface area contributed by atoms with Gasteiger partial charge in [-0.2, -0.15) is 0 Å². The summed E-state index contributed by atoms with van der Waals surface area (Å²) in [4.78, 5) is 12.3. The number of carbonyl (C=O) groups is 1. The molecule has 3 aromatic rings. The number of aromatic nitrogens is 3. The summed E-state index contributed by atoms with van der Waals surface area (Å²) in [6.45, 7) is 5.83. The molecule has 7 nitrogen and oxygen atoms in total. The van der Waals surface area contributed by atoms with Crippen molar-refractivity contribution in [2.75, 3.05) is 11.1 Å². The number of hydrogen-bond donors (Lipinski definition) is 2. The predicted octanol–water partition coefficient (Wildman–Crippen LogP) is 4.57. The van der Waals surface area contributed by atoms with Crippen molar-refractivity contribution in [1.29, 1.82) is 0 Å². The second kappa shape index (κ2) is 9.62. The summed E-state index contributed by atoms with van der Waals surface area (Å²) in [5.41, 5.74) is 0.521. The lowest BCUT2D eigenvalue weighted by Gasteiger charge is -2.18. The van der Waals surface area contributed by atoms with Gasteiger partial charge in [-0.1, -0.05) is 17.8 Å². The number of phenols is 1. The molecule has 0 aliphatic rings. The van der Waals surface area contributed by atoms with E-state index in [1.54, 1.807) is 24.3 Å². The van der Waals surface area contributed by atoms with Crippen molar-refractivity contribution < 1.29 is 19.0 Å². The zero-order valence-electron chi connectivity index (χ0n) is 16.9. The fourth-order valence-corrected chi connectivity index (χ4v) is 3.70. The Kier molecular flexibility index (Phi) is 6.94. The normalized spacial score (nSPS) is 12.0. The van der Waals surface area contributed by atoms with E-state index in [-0.39, 0.29) is 29.3 Å². The van der Waals surface area contributed by atoms with Crippen LogP contribution in [0.25, 0.3) is 0 Å². The lowest BCUT2D eigenvalue weighted by atomic mass is 10.3. The maximum atomic E-state index is 13.1. The van der Waals surface area contributed by atoms with E-state index in [0.717, 1.165) is 0 Å². The number of carbonyl (C=O) groups excluding carboxylic acids is 1. The molecule has 1 heterocycles. The molecule has 1 atom stereocenters. The van der Waals surface area contributed by atoms with Gasteiger partial charge in [-0.25, -0.2) is 4.39 Å². The number of hydrogen-bond acceptors (Lipinski definition) is 6. The minimum Gasteiger partial charge on any atom is -0.508 e. The number of anilines is 1. The van der Waals surface area contributed by atoms with Gasteiger partial charge in [0.2, 0.25) is 5.91 Å². The highest BCUT2D eigenvalue weighted by Gasteiger charge is 2.22. The van der Waals surface area contributed by atoms with Crippen LogP contribution in [0.3, 0.4) is 0 Å². The molecule has 0 bridgehead atoms. The van der Waals surface area contributed by atoms with Crippen LogP contribution in [-0.4, -0.2) is 31.5 Å². The zero-order chi connectivity index (χ0) is 21.7. The molecular formula is C21H23FN4O3S. The fourth-order valence-electron chi connectivity index (χ4n) is 2.83. The molecule has 0 saturated carbocycles. The monoisotopic (exact) mass is 430 g/mol. The number of aromatic hydroxyl groups is 1. The Morgan fingerprint density at radius 1 is 1.20 bits per heavy atom. The first kappa shape index (κ1) is 21.6. The number of nitrogens with zero attached hydrogens (tertiary/aromatic N) is 3. The number of thioether (sulfide) groups is 1. The quantitative estimate of drug-likeness (QED) is 0.509. The Hall–Kier alpha value is -3.07. The standard InChI is InChI=1S/C21H23FN4O3S/c1-13(2)26-20(14(3)29-18-9-7-15(22)8-10-18)24-25-21(26)30-12-19(28)23-16-5-4-6-17(27)11-16/h4-11,13-14,27H,12H2,1-3H3,(H,23,28). The lowest BCUT2D eigenvalue weighted by molar-refractivity contribution is -0.113. The molecule has 1 unspecified atom stereocenters. The molecule has 1 aromatic heterocycles. The van der Waals surface area contributed by atoms with Crippen LogP contribution in [0.15, 0.2) is 53.7 Å². The van der Waals surface area contributed by atoms with Gasteiger partial charge in [-0.15, -0.1) is 10.2 Å². The van der Waals surface area contributed by atoms with E-state index in [0.29, 0.717) is 22.4 Å². The van der Waals surface area contributed by atoms with Crippen LogP contribution in [0, 0.1) is 5.82 Å². The van der Waals surface area contributed by atoms with Crippen molar-refractivity contribution in [3.63, 3.8) is 0 Å². The Morgan fingerprint density at radius 3 is 2.60 bits per heavy atom. The number of rotatable bonds is 8.